The standard InChI is InChI=1S/C78H47N3OS/c1-5-17-48(18-6-1)54-39-55(49-19-7-2-8-20-49)41-58(40-54)80-70-35-29-51(43-64(70)66-47-72-65(46-73(66)80)59-25-13-15-27-69(59)79(72)56-21-9-3-10-22-56)53-32-38-76-68(45-53)67-44-52(31-37-75(67)83-76)50-30-36-71-63(42-50)61-33-34-62-60-26-14-16-28-74(60)82-78(62)77(61)81(71)57-23-11-4-12-24-57/h1-47H. The maximum atomic E-state index is 6.71. The third-order valence-electron chi connectivity index (χ3n) is 17.4. The first kappa shape index (κ1) is 46.1. The minimum atomic E-state index is 0.900. The first-order valence-corrected chi connectivity index (χ1v) is 29.2. The highest BCUT2D eigenvalue weighted by molar-refractivity contribution is 7.25. The van der Waals surface area contributed by atoms with Gasteiger partial charge in [0.05, 0.1) is 33.1 Å². The van der Waals surface area contributed by atoms with Gasteiger partial charge in [-0.2, -0.15) is 0 Å². The molecule has 0 spiro atoms. The lowest BCUT2D eigenvalue weighted by Crippen LogP contribution is -1.96. The van der Waals surface area contributed by atoms with Gasteiger partial charge < -0.3 is 18.1 Å². The molecule has 83 heavy (non-hydrogen) atoms. The van der Waals surface area contributed by atoms with E-state index in [2.05, 4.69) is 293 Å². The predicted octanol–water partition coefficient (Wildman–Crippen LogP) is 21.9. The molecule has 0 saturated heterocycles. The second-order valence-electron chi connectivity index (χ2n) is 22.0. The Kier molecular flexibility index (Phi) is 9.93. The lowest BCUT2D eigenvalue weighted by Gasteiger charge is -2.14. The van der Waals surface area contributed by atoms with Crippen LogP contribution < -0.4 is 0 Å². The van der Waals surface area contributed by atoms with E-state index in [1.807, 2.05) is 17.4 Å². The number of aromatic nitrogens is 3. The van der Waals surface area contributed by atoms with Gasteiger partial charge in [-0.15, -0.1) is 11.3 Å². The van der Waals surface area contributed by atoms with Crippen molar-refractivity contribution in [3.8, 4) is 61.6 Å². The van der Waals surface area contributed by atoms with Gasteiger partial charge in [-0.05, 0) is 166 Å². The van der Waals surface area contributed by atoms with Crippen LogP contribution in [-0.2, 0) is 0 Å². The summed E-state index contributed by atoms with van der Waals surface area (Å²) in [5.41, 5.74) is 21.6. The van der Waals surface area contributed by atoms with Crippen LogP contribution in [0.1, 0.15) is 0 Å². The van der Waals surface area contributed by atoms with Gasteiger partial charge in [0.25, 0.3) is 0 Å². The number of nitrogens with zero attached hydrogens (tertiary/aromatic N) is 3. The summed E-state index contributed by atoms with van der Waals surface area (Å²) < 4.78 is 16.6. The normalized spacial score (nSPS) is 12.1. The number of hydrogen-bond donors (Lipinski definition) is 0. The van der Waals surface area contributed by atoms with Gasteiger partial charge in [-0.1, -0.05) is 164 Å². The van der Waals surface area contributed by atoms with E-state index in [1.165, 1.54) is 114 Å². The Hall–Kier alpha value is -10.7. The number of furan rings is 1. The van der Waals surface area contributed by atoms with Gasteiger partial charge in [0.15, 0.2) is 5.58 Å². The molecule has 5 aromatic heterocycles. The van der Waals surface area contributed by atoms with Gasteiger partial charge in [0.2, 0.25) is 0 Å². The van der Waals surface area contributed by atoms with E-state index in [0.717, 1.165) is 55.6 Å². The summed E-state index contributed by atoms with van der Waals surface area (Å²) in [4.78, 5) is 0. The van der Waals surface area contributed by atoms with Crippen molar-refractivity contribution in [1.82, 2.24) is 13.7 Å². The summed E-state index contributed by atoms with van der Waals surface area (Å²) in [5, 5.41) is 12.0. The summed E-state index contributed by atoms with van der Waals surface area (Å²) >= 11 is 1.86. The van der Waals surface area contributed by atoms with Crippen molar-refractivity contribution >= 4 is 119 Å². The molecule has 0 aliphatic heterocycles. The minimum Gasteiger partial charge on any atom is -0.454 e. The summed E-state index contributed by atoms with van der Waals surface area (Å²) in [5.74, 6) is 0. The van der Waals surface area contributed by atoms with Crippen LogP contribution >= 0.6 is 11.3 Å². The van der Waals surface area contributed by atoms with Crippen LogP contribution in [0.15, 0.2) is 290 Å². The molecule has 4 nitrogen and oxygen atoms in total. The zero-order valence-electron chi connectivity index (χ0n) is 44.8. The van der Waals surface area contributed by atoms with Crippen molar-refractivity contribution in [3.63, 3.8) is 0 Å². The maximum Gasteiger partial charge on any atom is 0.160 e. The van der Waals surface area contributed by atoms with Crippen LogP contribution in [-0.4, -0.2) is 13.7 Å². The smallest absolute Gasteiger partial charge is 0.160 e. The van der Waals surface area contributed by atoms with Crippen LogP contribution in [0.25, 0.3) is 169 Å². The van der Waals surface area contributed by atoms with Crippen molar-refractivity contribution in [2.45, 2.75) is 0 Å². The number of fused-ring (bicyclic) bond motifs is 16. The average Bonchev–Trinajstić information content (AvgIpc) is 3.36. The van der Waals surface area contributed by atoms with E-state index in [9.17, 15) is 0 Å². The molecular weight excluding hydrogens is 1030 g/mol. The third-order valence-corrected chi connectivity index (χ3v) is 18.5. The molecule has 0 N–H and O–H groups in total. The summed E-state index contributed by atoms with van der Waals surface area (Å²) in [6, 6.07) is 105. The highest BCUT2D eigenvalue weighted by Gasteiger charge is 2.23. The predicted molar refractivity (Wildman–Crippen MR) is 351 cm³/mol. The van der Waals surface area contributed by atoms with Crippen LogP contribution in [0, 0.1) is 0 Å². The molecule has 5 heterocycles. The average molecular weight is 1070 g/mol. The Labute approximate surface area is 480 Å². The van der Waals surface area contributed by atoms with Gasteiger partial charge >= 0.3 is 0 Å². The molecule has 386 valence electrons. The van der Waals surface area contributed by atoms with Gasteiger partial charge in [-0.25, -0.2) is 0 Å². The minimum absolute atomic E-state index is 0.900. The monoisotopic (exact) mass is 1070 g/mol. The van der Waals surface area contributed by atoms with Crippen molar-refractivity contribution in [1.29, 1.82) is 0 Å². The molecule has 0 atom stereocenters. The SMILES string of the molecule is c1ccc(-c2cc(-c3ccccc3)cc(-n3c4ccc(-c5ccc6sc7ccc(-c8ccc9c(c8)c8ccc%10c%11ccccc%11oc%10c8n9-c8ccccc8)cc7c6c5)cc4c4cc5c(cc43)c3ccccc3n5-c3ccccc3)c2)cc1. The molecule has 13 aromatic carbocycles. The molecule has 0 bridgehead atoms. The third kappa shape index (κ3) is 7.05. The zero-order chi connectivity index (χ0) is 54.3. The van der Waals surface area contributed by atoms with E-state index in [0.29, 0.717) is 0 Å². The van der Waals surface area contributed by atoms with E-state index in [1.54, 1.807) is 0 Å². The Balaban J connectivity index is 0.822. The lowest BCUT2D eigenvalue weighted by molar-refractivity contribution is 0.671. The fourth-order valence-corrected chi connectivity index (χ4v) is 14.6. The van der Waals surface area contributed by atoms with Gasteiger partial charge in [-0.3, -0.25) is 0 Å². The Bertz CT molecular complexity index is 5610. The van der Waals surface area contributed by atoms with E-state index in [4.69, 9.17) is 4.42 Å². The fourth-order valence-electron chi connectivity index (χ4n) is 13.6. The Morgan fingerprint density at radius 3 is 1.28 bits per heavy atom. The zero-order valence-corrected chi connectivity index (χ0v) is 45.6. The largest absolute Gasteiger partial charge is 0.454 e. The second kappa shape index (κ2) is 17.9. The molecule has 0 fully saturated rings. The van der Waals surface area contributed by atoms with Crippen molar-refractivity contribution in [2.24, 2.45) is 0 Å². The molecule has 0 radical (unpaired) electrons. The van der Waals surface area contributed by atoms with Crippen molar-refractivity contribution < 1.29 is 4.42 Å². The Morgan fingerprint density at radius 1 is 0.229 bits per heavy atom. The molecule has 0 unspecified atom stereocenters. The van der Waals surface area contributed by atoms with Crippen LogP contribution in [0.3, 0.4) is 0 Å². The van der Waals surface area contributed by atoms with Gasteiger partial charge in [0.1, 0.15) is 5.58 Å². The second-order valence-corrected chi connectivity index (χ2v) is 23.1. The Morgan fingerprint density at radius 2 is 0.663 bits per heavy atom. The molecule has 5 heteroatoms. The molecule has 18 rings (SSSR count). The summed E-state index contributed by atoms with van der Waals surface area (Å²) in [7, 11) is 0. The number of para-hydroxylation sites is 4. The van der Waals surface area contributed by atoms with E-state index in [-0.39, 0.29) is 0 Å². The lowest BCUT2D eigenvalue weighted by atomic mass is 9.98. The molecule has 0 aliphatic rings. The first-order chi connectivity index (χ1) is 41.1. The van der Waals surface area contributed by atoms with Crippen molar-refractivity contribution in [2.75, 3.05) is 0 Å². The fraction of sp³-hybridized carbons (Fsp3) is 0. The van der Waals surface area contributed by atoms with Crippen LogP contribution in [0.5, 0.6) is 0 Å². The quantitative estimate of drug-likeness (QED) is 0.156. The van der Waals surface area contributed by atoms with Crippen LogP contribution in [0.2, 0.25) is 0 Å². The number of benzene rings is 13. The highest BCUT2D eigenvalue weighted by Crippen LogP contribution is 2.46. The number of rotatable bonds is 7. The number of hydrogen-bond acceptors (Lipinski definition) is 2. The van der Waals surface area contributed by atoms with Gasteiger partial charge in [0, 0.05) is 80.3 Å². The van der Waals surface area contributed by atoms with Crippen molar-refractivity contribution in [3.05, 3.63) is 285 Å². The maximum absolute atomic E-state index is 6.71. The topological polar surface area (TPSA) is 27.9 Å². The molecule has 0 amide bonds. The molecule has 0 aliphatic carbocycles. The van der Waals surface area contributed by atoms with Crippen LogP contribution in [0.4, 0.5) is 0 Å². The molecule has 0 saturated carbocycles. The van der Waals surface area contributed by atoms with E-state index >= 15 is 0 Å². The molecule has 18 aromatic rings. The molecular formula is C78H47N3OS. The number of thiophene rings is 1. The highest BCUT2D eigenvalue weighted by atomic mass is 32.1. The summed E-state index contributed by atoms with van der Waals surface area (Å²) in [6.07, 6.45) is 0. The first-order valence-electron chi connectivity index (χ1n) is 28.4. The summed E-state index contributed by atoms with van der Waals surface area (Å²) in [6.45, 7) is 0. The van der Waals surface area contributed by atoms with E-state index < -0.39 is 0 Å².